The summed E-state index contributed by atoms with van der Waals surface area (Å²) in [7, 11) is 0. The van der Waals surface area contributed by atoms with Crippen molar-refractivity contribution in [1.29, 1.82) is 0 Å². The van der Waals surface area contributed by atoms with Gasteiger partial charge in [0.25, 0.3) is 0 Å². The van der Waals surface area contributed by atoms with Crippen molar-refractivity contribution in [3.8, 4) is 16.5 Å². The first-order chi connectivity index (χ1) is 27.9. The van der Waals surface area contributed by atoms with Gasteiger partial charge in [-0.3, -0.25) is 14.4 Å². The summed E-state index contributed by atoms with van der Waals surface area (Å²) in [4.78, 5) is 68.7. The maximum Gasteiger partial charge on any atom is 0.408 e. The Labute approximate surface area is 336 Å². The van der Waals surface area contributed by atoms with E-state index >= 15 is 0 Å². The number of nitrogens with one attached hydrogen (secondary N) is 3. The number of ether oxygens (including phenoxy) is 2. The van der Waals surface area contributed by atoms with Crippen LogP contribution in [0.15, 0.2) is 84.3 Å². The first-order valence-corrected chi connectivity index (χ1v) is 21.3. The number of allylic oxidation sites excluding steroid dienone is 1. The Morgan fingerprint density at radius 2 is 1.67 bits per heavy atom. The van der Waals surface area contributed by atoms with Gasteiger partial charge in [0.1, 0.15) is 35.5 Å². The van der Waals surface area contributed by atoms with E-state index in [9.17, 15) is 19.2 Å². The second kappa shape index (κ2) is 17.5. The number of amides is 4. The van der Waals surface area contributed by atoms with Crippen molar-refractivity contribution in [2.24, 2.45) is 5.92 Å². The molecule has 2 aliphatic carbocycles. The summed E-state index contributed by atoms with van der Waals surface area (Å²) in [6.07, 6.45) is 11.3. The fourth-order valence-electron chi connectivity index (χ4n) is 8.42. The number of nitrogens with zero attached hydrogens (tertiary/aromatic N) is 3. The molecule has 0 bridgehead atoms. The second-order valence-electron chi connectivity index (χ2n) is 15.7. The molecule has 4 heterocycles. The van der Waals surface area contributed by atoms with Gasteiger partial charge in [-0.25, -0.2) is 14.8 Å². The standard InChI is InChI=1S/C44H50N6O6S/c51-39-36-26-32(55-40-38(37-22-13-25-57-37)46-33-19-11-12-20-34(33)47-40)28-50(36)41(52)35(48-43(54)56-31-17-9-10-18-31)21-8-3-1-2-7-16-30-27-44(30,49-39)42(53)45-24-23-29-14-5-4-6-15-29/h4-7,11-16,19-20,22,25,30-32,35-36H,1-3,8-10,17-18,21,23-24,26-28H2,(H,45,53)(H,48,54)(H,49,51)/b16-7-/t30?,32-,35-,36?,44?/m1/s1. The molecular formula is C44H50N6O6S. The molecule has 3 N–H and O–H groups in total. The minimum absolute atomic E-state index is 0.0742. The molecule has 0 spiro atoms. The van der Waals surface area contributed by atoms with Crippen molar-refractivity contribution < 1.29 is 28.7 Å². The van der Waals surface area contributed by atoms with Gasteiger partial charge in [0.2, 0.25) is 23.6 Å². The fraction of sp³-hybridized carbons (Fsp3) is 0.455. The van der Waals surface area contributed by atoms with Crippen LogP contribution in [-0.4, -0.2) is 81.6 Å². The van der Waals surface area contributed by atoms with Crippen LogP contribution in [-0.2, 0) is 25.5 Å². The second-order valence-corrected chi connectivity index (χ2v) is 16.6. The zero-order valence-electron chi connectivity index (χ0n) is 32.1. The van der Waals surface area contributed by atoms with Gasteiger partial charge in [0, 0.05) is 18.9 Å². The molecule has 1 saturated heterocycles. The van der Waals surface area contributed by atoms with E-state index in [0.29, 0.717) is 49.3 Å². The lowest BCUT2D eigenvalue weighted by Gasteiger charge is -2.30. The van der Waals surface area contributed by atoms with Gasteiger partial charge in [-0.1, -0.05) is 73.5 Å². The number of alkyl carbamates (subject to hydrolysis) is 1. The van der Waals surface area contributed by atoms with E-state index < -0.39 is 35.7 Å². The van der Waals surface area contributed by atoms with E-state index in [1.807, 2.05) is 78.2 Å². The van der Waals surface area contributed by atoms with Gasteiger partial charge in [-0.15, -0.1) is 11.3 Å². The molecule has 57 heavy (non-hydrogen) atoms. The van der Waals surface area contributed by atoms with Gasteiger partial charge < -0.3 is 30.3 Å². The Morgan fingerprint density at radius 1 is 0.895 bits per heavy atom. The molecule has 3 fully saturated rings. The van der Waals surface area contributed by atoms with E-state index in [4.69, 9.17) is 19.4 Å². The minimum atomic E-state index is -1.14. The topological polar surface area (TPSA) is 152 Å². The Bertz CT molecular complexity index is 2090. The molecule has 4 aliphatic rings. The van der Waals surface area contributed by atoms with Crippen LogP contribution in [0.4, 0.5) is 4.79 Å². The van der Waals surface area contributed by atoms with E-state index in [-0.39, 0.29) is 36.8 Å². The highest BCUT2D eigenvalue weighted by molar-refractivity contribution is 7.13. The maximum absolute atomic E-state index is 14.7. The van der Waals surface area contributed by atoms with E-state index in [2.05, 4.69) is 22.0 Å². The van der Waals surface area contributed by atoms with Gasteiger partial charge in [0.15, 0.2) is 0 Å². The Morgan fingerprint density at radius 3 is 2.46 bits per heavy atom. The third-order valence-corrected chi connectivity index (χ3v) is 12.5. The third kappa shape index (κ3) is 8.98. The molecule has 0 radical (unpaired) electrons. The number of fused-ring (bicyclic) bond motifs is 3. The molecule has 298 valence electrons. The number of hydrogen-bond donors (Lipinski definition) is 3. The first kappa shape index (κ1) is 38.6. The average Bonchev–Trinajstić information content (AvgIpc) is 3.72. The van der Waals surface area contributed by atoms with Crippen molar-refractivity contribution in [2.45, 2.75) is 107 Å². The molecule has 4 amide bonds. The maximum atomic E-state index is 14.7. The van der Waals surface area contributed by atoms with Crippen LogP contribution in [0.5, 0.6) is 5.88 Å². The summed E-state index contributed by atoms with van der Waals surface area (Å²) in [5.74, 6) is -0.922. The van der Waals surface area contributed by atoms with Gasteiger partial charge in [0.05, 0.1) is 22.5 Å². The summed E-state index contributed by atoms with van der Waals surface area (Å²) >= 11 is 1.52. The predicted molar refractivity (Wildman–Crippen MR) is 217 cm³/mol. The van der Waals surface area contributed by atoms with Gasteiger partial charge >= 0.3 is 6.09 Å². The number of aromatic nitrogens is 2. The first-order valence-electron chi connectivity index (χ1n) is 20.4. The summed E-state index contributed by atoms with van der Waals surface area (Å²) in [5, 5.41) is 11.1. The molecule has 2 aromatic carbocycles. The molecule has 4 aromatic rings. The highest BCUT2D eigenvalue weighted by atomic mass is 32.1. The van der Waals surface area contributed by atoms with Crippen molar-refractivity contribution in [3.05, 3.63) is 89.8 Å². The van der Waals surface area contributed by atoms with Crippen LogP contribution in [0.1, 0.15) is 76.2 Å². The molecule has 2 aliphatic heterocycles. The lowest BCUT2D eigenvalue weighted by atomic mass is 10.0. The summed E-state index contributed by atoms with van der Waals surface area (Å²) in [6.45, 7) is 0.495. The normalized spacial score (nSPS) is 26.0. The van der Waals surface area contributed by atoms with Crippen molar-refractivity contribution in [3.63, 3.8) is 0 Å². The van der Waals surface area contributed by atoms with Crippen molar-refractivity contribution in [2.75, 3.05) is 13.1 Å². The lowest BCUT2D eigenvalue weighted by molar-refractivity contribution is -0.141. The van der Waals surface area contributed by atoms with Crippen LogP contribution in [0.3, 0.4) is 0 Å². The van der Waals surface area contributed by atoms with Crippen LogP contribution >= 0.6 is 11.3 Å². The number of para-hydroxylation sites is 2. The van der Waals surface area contributed by atoms with E-state index in [1.54, 1.807) is 0 Å². The van der Waals surface area contributed by atoms with Crippen LogP contribution in [0, 0.1) is 5.92 Å². The van der Waals surface area contributed by atoms with Crippen molar-refractivity contribution in [1.82, 2.24) is 30.8 Å². The molecule has 2 saturated carbocycles. The van der Waals surface area contributed by atoms with E-state index in [0.717, 1.165) is 60.9 Å². The van der Waals surface area contributed by atoms with Gasteiger partial charge in [-0.2, -0.15) is 0 Å². The number of rotatable bonds is 9. The third-order valence-electron chi connectivity index (χ3n) is 11.6. The number of thiophene rings is 1. The fourth-order valence-corrected chi connectivity index (χ4v) is 9.13. The smallest absolute Gasteiger partial charge is 0.408 e. The number of carbonyl (C=O) groups excluding carboxylic acids is 4. The Hall–Kier alpha value is -5.30. The Kier molecular flexibility index (Phi) is 11.8. The average molecular weight is 791 g/mol. The zero-order valence-corrected chi connectivity index (χ0v) is 32.9. The lowest BCUT2D eigenvalue weighted by Crippen LogP contribution is -2.58. The minimum Gasteiger partial charge on any atom is -0.471 e. The van der Waals surface area contributed by atoms with Crippen LogP contribution in [0.25, 0.3) is 21.6 Å². The summed E-state index contributed by atoms with van der Waals surface area (Å²) < 4.78 is 12.4. The molecule has 8 rings (SSSR count). The highest BCUT2D eigenvalue weighted by Gasteiger charge is 2.61. The monoisotopic (exact) mass is 790 g/mol. The Balaban J connectivity index is 1.07. The molecule has 12 nitrogen and oxygen atoms in total. The predicted octanol–water partition coefficient (Wildman–Crippen LogP) is 6.50. The molecule has 5 atom stereocenters. The van der Waals surface area contributed by atoms with Crippen molar-refractivity contribution >= 4 is 46.2 Å². The zero-order chi connectivity index (χ0) is 39.2. The molecule has 13 heteroatoms. The molecule has 3 unspecified atom stereocenters. The van der Waals surface area contributed by atoms with Crippen LogP contribution in [0.2, 0.25) is 0 Å². The van der Waals surface area contributed by atoms with Gasteiger partial charge in [-0.05, 0) is 86.9 Å². The quantitative estimate of drug-likeness (QED) is 0.163. The van der Waals surface area contributed by atoms with E-state index in [1.165, 1.54) is 16.2 Å². The summed E-state index contributed by atoms with van der Waals surface area (Å²) in [6, 6.07) is 19.5. The largest absolute Gasteiger partial charge is 0.471 e. The highest BCUT2D eigenvalue weighted by Crippen LogP contribution is 2.45. The number of hydrogen-bond acceptors (Lipinski definition) is 9. The molecular weight excluding hydrogens is 741 g/mol. The molecule has 2 aromatic heterocycles. The summed E-state index contributed by atoms with van der Waals surface area (Å²) in [5.41, 5.74) is 1.93. The SMILES string of the molecule is O=C(N[C@@H]1CCCCC/C=C\C2CC2(C(=O)NCCc2ccccc2)NC(=O)C2C[C@@H](Oc3nc4ccccc4nc3-c3cccs3)CN2C1=O)OC1CCCC1. The van der Waals surface area contributed by atoms with Crippen LogP contribution < -0.4 is 20.7 Å². The number of carbonyl (C=O) groups is 4. The number of benzene rings is 2.